The van der Waals surface area contributed by atoms with E-state index in [4.69, 9.17) is 16.3 Å². The molecule has 0 fully saturated rings. The fraction of sp³-hybridized carbons (Fsp3) is 0.231. The summed E-state index contributed by atoms with van der Waals surface area (Å²) in [6.07, 6.45) is -4.15. The SMILES string of the molecule is COc1nnc(Cc2cccc(C(F)(F)F)c2)cc1Cl. The first kappa shape index (κ1) is 14.6. The van der Waals surface area contributed by atoms with Crippen molar-refractivity contribution in [3.05, 3.63) is 52.2 Å². The van der Waals surface area contributed by atoms with Crippen molar-refractivity contribution in [1.29, 1.82) is 0 Å². The standard InChI is InChI=1S/C13H10ClF3N2O/c1-20-12-11(14)7-10(18-19-12)6-8-3-2-4-9(5-8)13(15,16)17/h2-5,7H,6H2,1H3. The zero-order valence-electron chi connectivity index (χ0n) is 10.4. The number of rotatable bonds is 3. The lowest BCUT2D eigenvalue weighted by atomic mass is 10.1. The highest BCUT2D eigenvalue weighted by Gasteiger charge is 2.30. The van der Waals surface area contributed by atoms with Crippen molar-refractivity contribution in [2.75, 3.05) is 7.11 Å². The molecule has 2 aromatic rings. The second-order valence-corrected chi connectivity index (χ2v) is 4.48. The Morgan fingerprint density at radius 1 is 1.20 bits per heavy atom. The molecule has 0 aliphatic heterocycles. The van der Waals surface area contributed by atoms with E-state index in [0.717, 1.165) is 12.1 Å². The van der Waals surface area contributed by atoms with E-state index in [2.05, 4.69) is 10.2 Å². The lowest BCUT2D eigenvalue weighted by Crippen LogP contribution is -2.05. The van der Waals surface area contributed by atoms with Crippen LogP contribution in [0.15, 0.2) is 30.3 Å². The monoisotopic (exact) mass is 302 g/mol. The van der Waals surface area contributed by atoms with Crippen LogP contribution < -0.4 is 4.74 Å². The summed E-state index contributed by atoms with van der Waals surface area (Å²) in [6, 6.07) is 6.58. The van der Waals surface area contributed by atoms with E-state index in [9.17, 15) is 13.2 Å². The van der Waals surface area contributed by atoms with E-state index in [1.807, 2.05) is 0 Å². The molecule has 0 N–H and O–H groups in total. The zero-order valence-corrected chi connectivity index (χ0v) is 11.2. The van der Waals surface area contributed by atoms with Crippen molar-refractivity contribution in [1.82, 2.24) is 10.2 Å². The van der Waals surface area contributed by atoms with Gasteiger partial charge in [0.1, 0.15) is 5.02 Å². The summed E-state index contributed by atoms with van der Waals surface area (Å²) >= 11 is 5.89. The van der Waals surface area contributed by atoms with Crippen molar-refractivity contribution < 1.29 is 17.9 Å². The number of benzene rings is 1. The number of ether oxygens (including phenoxy) is 1. The van der Waals surface area contributed by atoms with Crippen LogP contribution >= 0.6 is 11.6 Å². The van der Waals surface area contributed by atoms with E-state index in [1.54, 1.807) is 6.07 Å². The highest BCUT2D eigenvalue weighted by atomic mass is 35.5. The van der Waals surface area contributed by atoms with Gasteiger partial charge in [-0.25, -0.2) is 0 Å². The van der Waals surface area contributed by atoms with Crippen LogP contribution in [0.1, 0.15) is 16.8 Å². The van der Waals surface area contributed by atoms with Crippen LogP contribution in [-0.2, 0) is 12.6 Å². The molecule has 0 bridgehead atoms. The maximum absolute atomic E-state index is 12.6. The normalized spacial score (nSPS) is 11.4. The van der Waals surface area contributed by atoms with E-state index < -0.39 is 11.7 Å². The minimum atomic E-state index is -4.36. The molecule has 0 spiro atoms. The molecule has 0 saturated carbocycles. The number of nitrogens with zero attached hydrogens (tertiary/aromatic N) is 2. The molecule has 106 valence electrons. The van der Waals surface area contributed by atoms with Gasteiger partial charge in [-0.2, -0.15) is 18.3 Å². The number of alkyl halides is 3. The van der Waals surface area contributed by atoms with Gasteiger partial charge in [-0.05, 0) is 17.7 Å². The third-order valence-corrected chi connectivity index (χ3v) is 2.87. The first-order valence-corrected chi connectivity index (χ1v) is 6.00. The average molecular weight is 303 g/mol. The lowest BCUT2D eigenvalue weighted by molar-refractivity contribution is -0.137. The molecule has 0 amide bonds. The number of halogens is 4. The predicted octanol–water partition coefficient (Wildman–Crippen LogP) is 3.75. The summed E-state index contributed by atoms with van der Waals surface area (Å²) in [5.74, 6) is 0.180. The second-order valence-electron chi connectivity index (χ2n) is 4.07. The molecule has 1 heterocycles. The largest absolute Gasteiger partial charge is 0.479 e. The van der Waals surface area contributed by atoms with Gasteiger partial charge in [0.05, 0.1) is 18.4 Å². The molecule has 0 radical (unpaired) electrons. The topological polar surface area (TPSA) is 35.0 Å². The number of methoxy groups -OCH3 is 1. The van der Waals surface area contributed by atoms with Crippen molar-refractivity contribution >= 4 is 11.6 Å². The van der Waals surface area contributed by atoms with Crippen LogP contribution in [0.2, 0.25) is 5.02 Å². The van der Waals surface area contributed by atoms with Crippen LogP contribution in [0.3, 0.4) is 0 Å². The number of hydrogen-bond acceptors (Lipinski definition) is 3. The molecule has 20 heavy (non-hydrogen) atoms. The van der Waals surface area contributed by atoms with Crippen molar-refractivity contribution in [3.8, 4) is 5.88 Å². The van der Waals surface area contributed by atoms with Crippen molar-refractivity contribution in [2.24, 2.45) is 0 Å². The first-order chi connectivity index (χ1) is 9.40. The van der Waals surface area contributed by atoms with E-state index in [1.165, 1.54) is 19.2 Å². The maximum atomic E-state index is 12.6. The summed E-state index contributed by atoms with van der Waals surface area (Å²) in [5.41, 5.74) is 0.257. The molecule has 0 unspecified atom stereocenters. The number of hydrogen-bond donors (Lipinski definition) is 0. The van der Waals surface area contributed by atoms with Gasteiger partial charge in [0, 0.05) is 6.42 Å². The highest BCUT2D eigenvalue weighted by Crippen LogP contribution is 2.30. The van der Waals surface area contributed by atoms with Gasteiger partial charge >= 0.3 is 6.18 Å². The maximum Gasteiger partial charge on any atom is 0.416 e. The van der Waals surface area contributed by atoms with Crippen LogP contribution in [0.5, 0.6) is 5.88 Å². The number of aromatic nitrogens is 2. The van der Waals surface area contributed by atoms with Gasteiger partial charge in [0.2, 0.25) is 0 Å². The molecular weight excluding hydrogens is 293 g/mol. The van der Waals surface area contributed by atoms with Crippen LogP contribution in [0.4, 0.5) is 13.2 Å². The van der Waals surface area contributed by atoms with Crippen molar-refractivity contribution in [2.45, 2.75) is 12.6 Å². The van der Waals surface area contributed by atoms with Crippen LogP contribution in [-0.4, -0.2) is 17.3 Å². The molecule has 0 aliphatic rings. The third kappa shape index (κ3) is 3.39. The first-order valence-electron chi connectivity index (χ1n) is 5.62. The molecule has 1 aromatic heterocycles. The summed E-state index contributed by atoms with van der Waals surface area (Å²) in [4.78, 5) is 0. The molecular formula is C13H10ClF3N2O. The summed E-state index contributed by atoms with van der Waals surface area (Å²) in [6.45, 7) is 0. The Hall–Kier alpha value is -1.82. The Morgan fingerprint density at radius 2 is 1.95 bits per heavy atom. The average Bonchev–Trinajstić information content (AvgIpc) is 2.38. The smallest absolute Gasteiger partial charge is 0.416 e. The van der Waals surface area contributed by atoms with Gasteiger partial charge in [0.15, 0.2) is 0 Å². The van der Waals surface area contributed by atoms with Gasteiger partial charge in [0.25, 0.3) is 5.88 Å². The molecule has 0 atom stereocenters. The molecule has 7 heteroatoms. The zero-order chi connectivity index (χ0) is 14.8. The van der Waals surface area contributed by atoms with Gasteiger partial charge in [-0.15, -0.1) is 5.10 Å². The summed E-state index contributed by atoms with van der Waals surface area (Å²) < 4.78 is 42.7. The summed E-state index contributed by atoms with van der Waals surface area (Å²) in [7, 11) is 1.41. The van der Waals surface area contributed by atoms with Gasteiger partial charge in [-0.3, -0.25) is 0 Å². The highest BCUT2D eigenvalue weighted by molar-refractivity contribution is 6.31. The molecule has 3 nitrogen and oxygen atoms in total. The fourth-order valence-corrected chi connectivity index (χ4v) is 1.93. The second kappa shape index (κ2) is 5.66. The Morgan fingerprint density at radius 3 is 2.55 bits per heavy atom. The Bertz CT molecular complexity index is 617. The van der Waals surface area contributed by atoms with Crippen molar-refractivity contribution in [3.63, 3.8) is 0 Å². The van der Waals surface area contributed by atoms with Gasteiger partial charge in [-0.1, -0.05) is 29.8 Å². The minimum absolute atomic E-state index is 0.180. The fourth-order valence-electron chi connectivity index (χ4n) is 1.69. The quantitative estimate of drug-likeness (QED) is 0.866. The summed E-state index contributed by atoms with van der Waals surface area (Å²) in [5, 5.41) is 7.86. The molecule has 0 saturated heterocycles. The molecule has 1 aromatic carbocycles. The van der Waals surface area contributed by atoms with Gasteiger partial charge < -0.3 is 4.74 Å². The predicted molar refractivity (Wildman–Crippen MR) is 67.8 cm³/mol. The Labute approximate surface area is 118 Å². The Kier molecular flexibility index (Phi) is 4.13. The van der Waals surface area contributed by atoms with E-state index >= 15 is 0 Å². The molecule has 2 rings (SSSR count). The Balaban J connectivity index is 2.24. The van der Waals surface area contributed by atoms with E-state index in [0.29, 0.717) is 11.3 Å². The van der Waals surface area contributed by atoms with Crippen LogP contribution in [0, 0.1) is 0 Å². The third-order valence-electron chi connectivity index (χ3n) is 2.60. The van der Waals surface area contributed by atoms with E-state index in [-0.39, 0.29) is 17.3 Å². The molecule has 0 aliphatic carbocycles. The minimum Gasteiger partial charge on any atom is -0.479 e. The lowest BCUT2D eigenvalue weighted by Gasteiger charge is -2.08. The van der Waals surface area contributed by atoms with Crippen LogP contribution in [0.25, 0.3) is 0 Å².